The third-order valence-corrected chi connectivity index (χ3v) is 3.72. The highest BCUT2D eigenvalue weighted by Gasteiger charge is 2.11. The fraction of sp³-hybridized carbons (Fsp3) is 0.389. The summed E-state index contributed by atoms with van der Waals surface area (Å²) in [4.78, 5) is 4.06. The third kappa shape index (κ3) is 4.57. The molecule has 3 nitrogen and oxygen atoms in total. The topological polar surface area (TPSA) is 50.9 Å². The SMILES string of the molecule is CCCNC(Cc1ccnc(N)c1)c1ccc(CC)cc1. The Morgan fingerprint density at radius 3 is 2.48 bits per heavy atom. The fourth-order valence-electron chi connectivity index (χ4n) is 2.47. The van der Waals surface area contributed by atoms with Crippen LogP contribution in [0.15, 0.2) is 42.6 Å². The molecule has 0 fully saturated rings. The fourth-order valence-corrected chi connectivity index (χ4v) is 2.47. The summed E-state index contributed by atoms with van der Waals surface area (Å²) in [7, 11) is 0. The number of benzene rings is 1. The zero-order valence-corrected chi connectivity index (χ0v) is 13.0. The highest BCUT2D eigenvalue weighted by Crippen LogP contribution is 2.20. The summed E-state index contributed by atoms with van der Waals surface area (Å²) in [5.74, 6) is 0.586. The van der Waals surface area contributed by atoms with Crippen molar-refractivity contribution in [2.24, 2.45) is 0 Å². The summed E-state index contributed by atoms with van der Waals surface area (Å²) >= 11 is 0. The molecule has 0 spiro atoms. The first-order chi connectivity index (χ1) is 10.2. The smallest absolute Gasteiger partial charge is 0.123 e. The maximum atomic E-state index is 5.78. The van der Waals surface area contributed by atoms with Crippen molar-refractivity contribution in [1.82, 2.24) is 10.3 Å². The van der Waals surface area contributed by atoms with Crippen molar-refractivity contribution in [3.8, 4) is 0 Å². The Kier molecular flexibility index (Phi) is 5.76. The predicted octanol–water partition coefficient (Wildman–Crippen LogP) is 3.51. The molecule has 1 aromatic carbocycles. The normalized spacial score (nSPS) is 12.3. The van der Waals surface area contributed by atoms with E-state index in [1.54, 1.807) is 6.20 Å². The number of anilines is 1. The van der Waals surface area contributed by atoms with Gasteiger partial charge in [0.2, 0.25) is 0 Å². The van der Waals surface area contributed by atoms with Crippen LogP contribution in [0.25, 0.3) is 0 Å². The second-order valence-corrected chi connectivity index (χ2v) is 5.39. The Morgan fingerprint density at radius 1 is 1.10 bits per heavy atom. The van der Waals surface area contributed by atoms with Gasteiger partial charge in [0, 0.05) is 12.2 Å². The van der Waals surface area contributed by atoms with E-state index in [0.717, 1.165) is 25.8 Å². The number of nitrogen functional groups attached to an aromatic ring is 1. The number of aryl methyl sites for hydroxylation is 1. The first kappa shape index (κ1) is 15.5. The molecular weight excluding hydrogens is 258 g/mol. The minimum atomic E-state index is 0.317. The van der Waals surface area contributed by atoms with Gasteiger partial charge >= 0.3 is 0 Å². The average molecular weight is 283 g/mol. The van der Waals surface area contributed by atoms with Crippen LogP contribution < -0.4 is 11.1 Å². The number of nitrogens with two attached hydrogens (primary N) is 1. The summed E-state index contributed by atoms with van der Waals surface area (Å²) in [5, 5.41) is 3.63. The van der Waals surface area contributed by atoms with Crippen LogP contribution in [-0.4, -0.2) is 11.5 Å². The van der Waals surface area contributed by atoms with E-state index in [1.165, 1.54) is 16.7 Å². The molecule has 21 heavy (non-hydrogen) atoms. The highest BCUT2D eigenvalue weighted by molar-refractivity contribution is 5.33. The molecule has 0 amide bonds. The van der Waals surface area contributed by atoms with E-state index >= 15 is 0 Å². The molecule has 1 aromatic heterocycles. The number of rotatable bonds is 7. The molecule has 0 saturated heterocycles. The van der Waals surface area contributed by atoms with E-state index in [4.69, 9.17) is 5.73 Å². The summed E-state index contributed by atoms with van der Waals surface area (Å²) < 4.78 is 0. The molecule has 0 aliphatic heterocycles. The van der Waals surface area contributed by atoms with E-state index in [-0.39, 0.29) is 0 Å². The number of nitrogens with zero attached hydrogens (tertiary/aromatic N) is 1. The van der Waals surface area contributed by atoms with Crippen LogP contribution in [0.3, 0.4) is 0 Å². The summed E-state index contributed by atoms with van der Waals surface area (Å²) in [6, 6.07) is 13.2. The van der Waals surface area contributed by atoms with Gasteiger partial charge in [-0.25, -0.2) is 4.98 Å². The first-order valence-electron chi connectivity index (χ1n) is 7.75. The Bertz CT molecular complexity index is 549. The number of hydrogen-bond donors (Lipinski definition) is 2. The van der Waals surface area contributed by atoms with Gasteiger partial charge in [0.15, 0.2) is 0 Å². The van der Waals surface area contributed by atoms with Crippen LogP contribution >= 0.6 is 0 Å². The lowest BCUT2D eigenvalue weighted by atomic mass is 9.97. The largest absolute Gasteiger partial charge is 0.384 e. The minimum Gasteiger partial charge on any atom is -0.384 e. The van der Waals surface area contributed by atoms with Crippen LogP contribution in [0.4, 0.5) is 5.82 Å². The first-order valence-corrected chi connectivity index (χ1v) is 7.75. The molecule has 0 bridgehead atoms. The molecule has 2 aromatic rings. The van der Waals surface area contributed by atoms with E-state index < -0.39 is 0 Å². The maximum Gasteiger partial charge on any atom is 0.123 e. The summed E-state index contributed by atoms with van der Waals surface area (Å²) in [6.45, 7) is 5.39. The minimum absolute atomic E-state index is 0.317. The van der Waals surface area contributed by atoms with Crippen molar-refractivity contribution < 1.29 is 0 Å². The monoisotopic (exact) mass is 283 g/mol. The van der Waals surface area contributed by atoms with Crippen molar-refractivity contribution in [3.05, 3.63) is 59.3 Å². The van der Waals surface area contributed by atoms with Gasteiger partial charge in [0.05, 0.1) is 0 Å². The summed E-state index contributed by atoms with van der Waals surface area (Å²) in [5.41, 5.74) is 9.70. The number of pyridine rings is 1. The standard InChI is InChI=1S/C18H25N3/c1-3-10-20-17(12-15-9-11-21-18(19)13-15)16-7-5-14(4-2)6-8-16/h5-9,11,13,17,20H,3-4,10,12H2,1-2H3,(H2,19,21). The van der Waals surface area contributed by atoms with Crippen LogP contribution in [0.1, 0.15) is 43.0 Å². The molecular formula is C18H25N3. The van der Waals surface area contributed by atoms with Gasteiger partial charge in [-0.2, -0.15) is 0 Å². The van der Waals surface area contributed by atoms with Crippen LogP contribution in [-0.2, 0) is 12.8 Å². The quantitative estimate of drug-likeness (QED) is 0.817. The van der Waals surface area contributed by atoms with Crippen molar-refractivity contribution in [3.63, 3.8) is 0 Å². The van der Waals surface area contributed by atoms with Crippen molar-refractivity contribution in [1.29, 1.82) is 0 Å². The van der Waals surface area contributed by atoms with Gasteiger partial charge in [-0.05, 0) is 54.6 Å². The molecule has 0 aliphatic carbocycles. The molecule has 1 atom stereocenters. The van der Waals surface area contributed by atoms with Gasteiger partial charge in [-0.3, -0.25) is 0 Å². The lowest BCUT2D eigenvalue weighted by molar-refractivity contribution is 0.529. The Balaban J connectivity index is 2.16. The third-order valence-electron chi connectivity index (χ3n) is 3.72. The van der Waals surface area contributed by atoms with E-state index in [0.29, 0.717) is 11.9 Å². The van der Waals surface area contributed by atoms with Crippen LogP contribution in [0, 0.1) is 0 Å². The Labute approximate surface area is 127 Å². The molecule has 0 saturated carbocycles. The van der Waals surface area contributed by atoms with Gasteiger partial charge in [0.25, 0.3) is 0 Å². The number of aromatic nitrogens is 1. The molecule has 112 valence electrons. The number of nitrogens with one attached hydrogen (secondary N) is 1. The molecule has 0 aliphatic rings. The maximum absolute atomic E-state index is 5.78. The molecule has 0 radical (unpaired) electrons. The van der Waals surface area contributed by atoms with Crippen LogP contribution in [0.5, 0.6) is 0 Å². The van der Waals surface area contributed by atoms with Gasteiger partial charge < -0.3 is 11.1 Å². The van der Waals surface area contributed by atoms with Gasteiger partial charge in [-0.15, -0.1) is 0 Å². The molecule has 2 rings (SSSR count). The van der Waals surface area contributed by atoms with Crippen LogP contribution in [0.2, 0.25) is 0 Å². The zero-order valence-electron chi connectivity index (χ0n) is 13.0. The molecule has 1 heterocycles. The van der Waals surface area contributed by atoms with Crippen molar-refractivity contribution >= 4 is 5.82 Å². The molecule has 3 N–H and O–H groups in total. The second-order valence-electron chi connectivity index (χ2n) is 5.39. The van der Waals surface area contributed by atoms with E-state index in [2.05, 4.69) is 48.4 Å². The summed E-state index contributed by atoms with van der Waals surface area (Å²) in [6.07, 6.45) is 4.91. The predicted molar refractivity (Wildman–Crippen MR) is 89.2 cm³/mol. The lowest BCUT2D eigenvalue weighted by Crippen LogP contribution is -2.24. The van der Waals surface area contributed by atoms with Gasteiger partial charge in [-0.1, -0.05) is 38.1 Å². The molecule has 3 heteroatoms. The van der Waals surface area contributed by atoms with E-state index in [9.17, 15) is 0 Å². The van der Waals surface area contributed by atoms with Crippen molar-refractivity contribution in [2.75, 3.05) is 12.3 Å². The zero-order chi connectivity index (χ0) is 15.1. The average Bonchev–Trinajstić information content (AvgIpc) is 2.51. The van der Waals surface area contributed by atoms with Gasteiger partial charge in [0.1, 0.15) is 5.82 Å². The Hall–Kier alpha value is -1.87. The number of hydrogen-bond acceptors (Lipinski definition) is 3. The Morgan fingerprint density at radius 2 is 1.86 bits per heavy atom. The second kappa shape index (κ2) is 7.79. The lowest BCUT2D eigenvalue weighted by Gasteiger charge is -2.19. The molecule has 1 unspecified atom stereocenters. The van der Waals surface area contributed by atoms with E-state index in [1.807, 2.05) is 12.1 Å². The highest BCUT2D eigenvalue weighted by atomic mass is 14.9. The van der Waals surface area contributed by atoms with Crippen molar-refractivity contribution in [2.45, 2.75) is 39.2 Å².